The minimum absolute atomic E-state index is 0.0342. The average molecular weight is 388 g/mol. The van der Waals surface area contributed by atoms with Crippen LogP contribution in [0.3, 0.4) is 0 Å². The van der Waals surface area contributed by atoms with Crippen LogP contribution in [0.5, 0.6) is 0 Å². The van der Waals surface area contributed by atoms with Gasteiger partial charge in [-0.05, 0) is 36.3 Å². The van der Waals surface area contributed by atoms with Crippen LogP contribution in [0.25, 0.3) is 5.70 Å². The Kier molecular flexibility index (Phi) is 5.01. The van der Waals surface area contributed by atoms with E-state index in [-0.39, 0.29) is 16.5 Å². The van der Waals surface area contributed by atoms with Gasteiger partial charge in [0.05, 0.1) is 16.7 Å². The zero-order valence-electron chi connectivity index (χ0n) is 13.7. The number of benzene rings is 2. The molecule has 0 amide bonds. The van der Waals surface area contributed by atoms with Gasteiger partial charge in [0.15, 0.2) is 10.9 Å². The maximum absolute atomic E-state index is 12.4. The first-order valence-corrected chi connectivity index (χ1v) is 8.49. The summed E-state index contributed by atoms with van der Waals surface area (Å²) in [4.78, 5) is 23.1. The molecule has 6 nitrogen and oxygen atoms in total. The van der Waals surface area contributed by atoms with Crippen LogP contribution in [0.1, 0.15) is 24.1 Å². The van der Waals surface area contributed by atoms with Crippen LogP contribution in [0, 0.1) is 10.1 Å². The molecule has 2 aromatic rings. The molecule has 1 heterocycles. The fraction of sp³-hybridized carbons (Fsp3) is 0.111. The van der Waals surface area contributed by atoms with E-state index in [4.69, 9.17) is 23.8 Å². The molecule has 0 radical (unpaired) electrons. The summed E-state index contributed by atoms with van der Waals surface area (Å²) in [7, 11) is 0. The van der Waals surface area contributed by atoms with Gasteiger partial charge in [-0.15, -0.1) is 0 Å². The Labute approximate surface area is 160 Å². The quantitative estimate of drug-likeness (QED) is 0.472. The molecule has 0 aromatic heterocycles. The molecule has 0 saturated carbocycles. The van der Waals surface area contributed by atoms with Gasteiger partial charge < -0.3 is 10.6 Å². The lowest BCUT2D eigenvalue weighted by Crippen LogP contribution is -2.44. The van der Waals surface area contributed by atoms with Crippen LogP contribution in [0.2, 0.25) is 5.02 Å². The SMILES string of the molecule is CC(=O)C1=C(c2ccccc2)NC(=S)N[C@H]1c1ccc(Cl)c([N+](=O)[O-])c1. The highest BCUT2D eigenvalue weighted by Crippen LogP contribution is 2.35. The van der Waals surface area contributed by atoms with E-state index in [2.05, 4.69) is 10.6 Å². The van der Waals surface area contributed by atoms with Crippen molar-refractivity contribution in [1.82, 2.24) is 10.6 Å². The number of carbonyl (C=O) groups is 1. The summed E-state index contributed by atoms with van der Waals surface area (Å²) in [6, 6.07) is 13.1. The summed E-state index contributed by atoms with van der Waals surface area (Å²) in [5.74, 6) is -0.172. The predicted molar refractivity (Wildman–Crippen MR) is 104 cm³/mol. The molecule has 0 fully saturated rings. The van der Waals surface area contributed by atoms with E-state index in [0.717, 1.165) is 5.56 Å². The predicted octanol–water partition coefficient (Wildman–Crippen LogP) is 3.77. The topological polar surface area (TPSA) is 84.3 Å². The van der Waals surface area contributed by atoms with Crippen molar-refractivity contribution in [2.45, 2.75) is 13.0 Å². The number of nitro benzene ring substituents is 1. The van der Waals surface area contributed by atoms with E-state index < -0.39 is 11.0 Å². The van der Waals surface area contributed by atoms with E-state index in [1.807, 2.05) is 30.3 Å². The van der Waals surface area contributed by atoms with Gasteiger partial charge in [-0.1, -0.05) is 48.0 Å². The number of carbonyl (C=O) groups excluding carboxylic acids is 1. The first-order valence-electron chi connectivity index (χ1n) is 7.70. The zero-order valence-corrected chi connectivity index (χ0v) is 15.2. The number of thiocarbonyl (C=S) groups is 1. The van der Waals surface area contributed by atoms with Gasteiger partial charge in [0.1, 0.15) is 5.02 Å². The minimum Gasteiger partial charge on any atom is -0.351 e. The van der Waals surface area contributed by atoms with Crippen molar-refractivity contribution >= 4 is 46.1 Å². The van der Waals surface area contributed by atoms with Crippen LogP contribution in [-0.2, 0) is 4.79 Å². The van der Waals surface area contributed by atoms with E-state index in [1.165, 1.54) is 19.1 Å². The summed E-state index contributed by atoms with van der Waals surface area (Å²) >= 11 is 11.2. The zero-order chi connectivity index (χ0) is 18.8. The maximum Gasteiger partial charge on any atom is 0.288 e. The summed E-state index contributed by atoms with van der Waals surface area (Å²) in [5, 5.41) is 17.6. The highest BCUT2D eigenvalue weighted by Gasteiger charge is 2.31. The molecule has 26 heavy (non-hydrogen) atoms. The Balaban J connectivity index is 2.19. The summed E-state index contributed by atoms with van der Waals surface area (Å²) in [6.45, 7) is 1.45. The van der Waals surface area contributed by atoms with Gasteiger partial charge in [-0.2, -0.15) is 0 Å². The van der Waals surface area contributed by atoms with Gasteiger partial charge in [-0.25, -0.2) is 0 Å². The fourth-order valence-electron chi connectivity index (χ4n) is 2.88. The third kappa shape index (κ3) is 3.44. The maximum atomic E-state index is 12.4. The standard InChI is InChI=1S/C18H14ClN3O3S/c1-10(23)15-16(11-5-3-2-4-6-11)20-18(26)21-17(15)12-7-8-13(19)14(9-12)22(24)25/h2-9,17H,1H3,(H2,20,21,26)/t17-/m0/s1. The normalized spacial score (nSPS) is 16.7. The number of ketones is 1. The molecule has 8 heteroatoms. The lowest BCUT2D eigenvalue weighted by Gasteiger charge is -2.31. The molecular formula is C18H14ClN3O3S. The largest absolute Gasteiger partial charge is 0.351 e. The molecule has 1 atom stereocenters. The van der Waals surface area contributed by atoms with E-state index in [0.29, 0.717) is 21.9 Å². The monoisotopic (exact) mass is 387 g/mol. The van der Waals surface area contributed by atoms with Gasteiger partial charge in [0, 0.05) is 11.6 Å². The number of nitrogens with zero attached hydrogens (tertiary/aromatic N) is 1. The van der Waals surface area contributed by atoms with Crippen LogP contribution in [0.15, 0.2) is 54.1 Å². The lowest BCUT2D eigenvalue weighted by molar-refractivity contribution is -0.384. The number of Topliss-reactive ketones (excluding diaryl/α,β-unsaturated/α-hetero) is 1. The lowest BCUT2D eigenvalue weighted by atomic mass is 9.90. The van der Waals surface area contributed by atoms with Gasteiger partial charge in [0.25, 0.3) is 5.69 Å². The van der Waals surface area contributed by atoms with Crippen LogP contribution in [-0.4, -0.2) is 15.8 Å². The fourth-order valence-corrected chi connectivity index (χ4v) is 3.28. The van der Waals surface area contributed by atoms with Crippen molar-refractivity contribution in [1.29, 1.82) is 0 Å². The molecule has 0 aliphatic carbocycles. The van der Waals surface area contributed by atoms with E-state index in [1.54, 1.807) is 6.07 Å². The molecule has 132 valence electrons. The molecule has 1 aliphatic heterocycles. The number of halogens is 1. The van der Waals surface area contributed by atoms with Crippen molar-refractivity contribution in [2.75, 3.05) is 0 Å². The first-order chi connectivity index (χ1) is 12.4. The molecule has 1 aliphatic rings. The molecule has 0 spiro atoms. The second-order valence-corrected chi connectivity index (χ2v) is 6.53. The highest BCUT2D eigenvalue weighted by molar-refractivity contribution is 7.80. The Hall–Kier alpha value is -2.77. The molecule has 0 unspecified atom stereocenters. The number of nitro groups is 1. The molecule has 0 bridgehead atoms. The molecule has 2 aromatic carbocycles. The Bertz CT molecular complexity index is 944. The number of rotatable bonds is 4. The smallest absolute Gasteiger partial charge is 0.288 e. The van der Waals surface area contributed by atoms with Crippen LogP contribution in [0.4, 0.5) is 5.69 Å². The van der Waals surface area contributed by atoms with Crippen molar-refractivity contribution in [2.24, 2.45) is 0 Å². The number of hydrogen-bond acceptors (Lipinski definition) is 4. The number of hydrogen-bond donors (Lipinski definition) is 2. The van der Waals surface area contributed by atoms with Gasteiger partial charge in [0.2, 0.25) is 0 Å². The van der Waals surface area contributed by atoms with Crippen LogP contribution >= 0.6 is 23.8 Å². The van der Waals surface area contributed by atoms with Gasteiger partial charge in [-0.3, -0.25) is 14.9 Å². The molecule has 2 N–H and O–H groups in total. The second-order valence-electron chi connectivity index (χ2n) is 5.71. The third-order valence-corrected chi connectivity index (χ3v) is 4.55. The van der Waals surface area contributed by atoms with Crippen molar-refractivity contribution in [3.63, 3.8) is 0 Å². The van der Waals surface area contributed by atoms with Gasteiger partial charge >= 0.3 is 0 Å². The highest BCUT2D eigenvalue weighted by atomic mass is 35.5. The van der Waals surface area contributed by atoms with E-state index in [9.17, 15) is 14.9 Å². The summed E-state index contributed by atoms with van der Waals surface area (Å²) in [6.07, 6.45) is 0. The average Bonchev–Trinajstić information content (AvgIpc) is 2.61. The summed E-state index contributed by atoms with van der Waals surface area (Å²) in [5.41, 5.74) is 2.14. The van der Waals surface area contributed by atoms with Crippen molar-refractivity contribution < 1.29 is 9.72 Å². The Morgan fingerprint density at radius 1 is 1.23 bits per heavy atom. The molecule has 0 saturated heterocycles. The van der Waals surface area contributed by atoms with E-state index >= 15 is 0 Å². The molecule has 3 rings (SSSR count). The Morgan fingerprint density at radius 3 is 2.54 bits per heavy atom. The number of nitrogens with one attached hydrogen (secondary N) is 2. The third-order valence-electron chi connectivity index (χ3n) is 4.01. The second kappa shape index (κ2) is 7.23. The Morgan fingerprint density at radius 2 is 1.92 bits per heavy atom. The first kappa shape index (κ1) is 18.0. The van der Waals surface area contributed by atoms with Crippen molar-refractivity contribution in [3.8, 4) is 0 Å². The van der Waals surface area contributed by atoms with Crippen LogP contribution < -0.4 is 10.6 Å². The molecular weight excluding hydrogens is 374 g/mol. The minimum atomic E-state index is -0.618. The van der Waals surface area contributed by atoms with Crippen molar-refractivity contribution in [3.05, 3.63) is 80.4 Å². The summed E-state index contributed by atoms with van der Waals surface area (Å²) < 4.78 is 0.